The summed E-state index contributed by atoms with van der Waals surface area (Å²) in [6.45, 7) is -0.492. The lowest BCUT2D eigenvalue weighted by atomic mass is 10.1. The molecule has 0 saturated heterocycles. The molecule has 0 aliphatic heterocycles. The number of carbonyl (C=O) groups is 2. The van der Waals surface area contributed by atoms with E-state index < -0.39 is 39.0 Å². The number of nitro groups is 1. The fourth-order valence-electron chi connectivity index (χ4n) is 2.85. The zero-order valence-corrected chi connectivity index (χ0v) is 18.6. The van der Waals surface area contributed by atoms with Gasteiger partial charge in [-0.25, -0.2) is 13.1 Å². The van der Waals surface area contributed by atoms with Gasteiger partial charge in [-0.3, -0.25) is 19.7 Å². The maximum absolute atomic E-state index is 12.5. The van der Waals surface area contributed by atoms with E-state index in [1.54, 1.807) is 12.1 Å². The molecular formula is C21H20N4O8S. The van der Waals surface area contributed by atoms with E-state index in [2.05, 4.69) is 15.4 Å². The molecular weight excluding hydrogens is 468 g/mol. The zero-order valence-electron chi connectivity index (χ0n) is 17.8. The van der Waals surface area contributed by atoms with Crippen molar-refractivity contribution < 1.29 is 32.1 Å². The number of carbonyl (C=O) groups excluding carboxylic acids is 2. The molecule has 1 aromatic heterocycles. The minimum Gasteiger partial charge on any atom is -0.490 e. The van der Waals surface area contributed by atoms with Gasteiger partial charge in [-0.05, 0) is 42.5 Å². The molecule has 3 aromatic rings. The summed E-state index contributed by atoms with van der Waals surface area (Å²) in [6, 6.07) is 12.4. The average Bonchev–Trinajstić information content (AvgIpc) is 3.35. The Morgan fingerprint density at radius 1 is 1.12 bits per heavy atom. The summed E-state index contributed by atoms with van der Waals surface area (Å²) in [5, 5.41) is 15.9. The van der Waals surface area contributed by atoms with Crippen LogP contribution >= 0.6 is 0 Å². The molecule has 0 aliphatic carbocycles. The second-order valence-electron chi connectivity index (χ2n) is 6.81. The Morgan fingerprint density at radius 3 is 2.59 bits per heavy atom. The lowest BCUT2D eigenvalue weighted by Gasteiger charge is -2.10. The van der Waals surface area contributed by atoms with Gasteiger partial charge in [-0.15, -0.1) is 0 Å². The Kier molecular flexibility index (Phi) is 7.60. The molecule has 2 amide bonds. The smallest absolute Gasteiger partial charge is 0.311 e. The van der Waals surface area contributed by atoms with Crippen LogP contribution in [0.1, 0.15) is 16.1 Å². The van der Waals surface area contributed by atoms with Gasteiger partial charge in [-0.1, -0.05) is 6.07 Å². The molecule has 0 atom stereocenters. The average molecular weight is 488 g/mol. The number of anilines is 1. The number of nitro benzene ring substituents is 1. The lowest BCUT2D eigenvalue weighted by molar-refractivity contribution is -0.385. The van der Waals surface area contributed by atoms with Crippen molar-refractivity contribution in [2.75, 3.05) is 19.0 Å². The SMILES string of the molecule is COc1ccc(C(=O)NCC(=O)Nc2cccc(S(=O)(=O)NCc3ccco3)c2)cc1[N+](=O)[O-]. The normalized spacial score (nSPS) is 11.0. The number of ether oxygens (including phenoxy) is 1. The van der Waals surface area contributed by atoms with Gasteiger partial charge in [0.25, 0.3) is 5.91 Å². The van der Waals surface area contributed by atoms with Crippen LogP contribution in [-0.4, -0.2) is 38.8 Å². The molecule has 3 rings (SSSR count). The summed E-state index contributed by atoms with van der Waals surface area (Å²) in [5.74, 6) is -0.910. The van der Waals surface area contributed by atoms with Crippen LogP contribution in [0.3, 0.4) is 0 Å². The van der Waals surface area contributed by atoms with E-state index in [1.165, 1.54) is 49.8 Å². The van der Waals surface area contributed by atoms with Crippen LogP contribution in [0, 0.1) is 10.1 Å². The fraction of sp³-hybridized carbons (Fsp3) is 0.143. The van der Waals surface area contributed by atoms with Crippen LogP contribution in [0.4, 0.5) is 11.4 Å². The van der Waals surface area contributed by atoms with Crippen molar-refractivity contribution in [2.24, 2.45) is 0 Å². The van der Waals surface area contributed by atoms with Crippen LogP contribution in [0.25, 0.3) is 0 Å². The van der Waals surface area contributed by atoms with E-state index in [0.29, 0.717) is 5.76 Å². The summed E-state index contributed by atoms with van der Waals surface area (Å²) < 4.78 is 37.3. The highest BCUT2D eigenvalue weighted by molar-refractivity contribution is 7.89. The number of hydrogen-bond donors (Lipinski definition) is 3. The fourth-order valence-corrected chi connectivity index (χ4v) is 3.88. The molecule has 178 valence electrons. The number of sulfonamides is 1. The number of methoxy groups -OCH3 is 1. The largest absolute Gasteiger partial charge is 0.490 e. The van der Waals surface area contributed by atoms with Crippen molar-refractivity contribution in [2.45, 2.75) is 11.4 Å². The topological polar surface area (TPSA) is 170 Å². The third-order valence-corrected chi connectivity index (χ3v) is 5.89. The standard InChI is InChI=1S/C21H20N4O8S/c1-32-19-8-7-14(10-18(19)25(28)29)21(27)22-13-20(26)24-15-4-2-6-17(11-15)34(30,31)23-12-16-5-3-9-33-16/h2-11,23H,12-13H2,1H3,(H,22,27)(H,24,26). The molecule has 12 nitrogen and oxygen atoms in total. The first-order valence-corrected chi connectivity index (χ1v) is 11.2. The highest BCUT2D eigenvalue weighted by atomic mass is 32.2. The number of hydrogen-bond acceptors (Lipinski definition) is 8. The number of amides is 2. The molecule has 13 heteroatoms. The van der Waals surface area contributed by atoms with Crippen molar-refractivity contribution >= 4 is 33.2 Å². The first kappa shape index (κ1) is 24.4. The van der Waals surface area contributed by atoms with Gasteiger partial charge < -0.3 is 19.8 Å². The van der Waals surface area contributed by atoms with Gasteiger partial charge >= 0.3 is 5.69 Å². The van der Waals surface area contributed by atoms with E-state index in [-0.39, 0.29) is 28.4 Å². The predicted octanol–water partition coefficient (Wildman–Crippen LogP) is 2.04. The van der Waals surface area contributed by atoms with Crippen molar-refractivity contribution in [1.29, 1.82) is 0 Å². The minimum atomic E-state index is -3.87. The first-order chi connectivity index (χ1) is 16.2. The van der Waals surface area contributed by atoms with Gasteiger partial charge in [0, 0.05) is 17.3 Å². The summed E-state index contributed by atoms with van der Waals surface area (Å²) in [6.07, 6.45) is 1.43. The quantitative estimate of drug-likeness (QED) is 0.287. The molecule has 0 aliphatic rings. The van der Waals surface area contributed by atoms with Crippen molar-refractivity contribution in [3.8, 4) is 5.75 Å². The van der Waals surface area contributed by atoms with E-state index in [9.17, 15) is 28.1 Å². The van der Waals surface area contributed by atoms with Crippen LogP contribution in [-0.2, 0) is 21.4 Å². The predicted molar refractivity (Wildman–Crippen MR) is 120 cm³/mol. The lowest BCUT2D eigenvalue weighted by Crippen LogP contribution is -2.33. The van der Waals surface area contributed by atoms with E-state index in [1.807, 2.05) is 0 Å². The van der Waals surface area contributed by atoms with Crippen LogP contribution < -0.4 is 20.1 Å². The molecule has 0 unspecified atom stereocenters. The Morgan fingerprint density at radius 2 is 1.91 bits per heavy atom. The number of nitrogens with one attached hydrogen (secondary N) is 3. The number of nitrogens with zero attached hydrogens (tertiary/aromatic N) is 1. The zero-order chi connectivity index (χ0) is 24.7. The summed E-state index contributed by atoms with van der Waals surface area (Å²) in [5.41, 5.74) is -0.227. The minimum absolute atomic E-state index is 0.00669. The Balaban J connectivity index is 1.59. The Labute approximate surface area is 194 Å². The summed E-state index contributed by atoms with van der Waals surface area (Å²) in [4.78, 5) is 34.9. The van der Waals surface area contributed by atoms with Crippen molar-refractivity contribution in [1.82, 2.24) is 10.0 Å². The van der Waals surface area contributed by atoms with Crippen LogP contribution in [0.15, 0.2) is 70.2 Å². The van der Waals surface area contributed by atoms with Crippen LogP contribution in [0.2, 0.25) is 0 Å². The summed E-state index contributed by atoms with van der Waals surface area (Å²) in [7, 11) is -2.60. The maximum Gasteiger partial charge on any atom is 0.311 e. The van der Waals surface area contributed by atoms with Gasteiger partial charge in [0.05, 0.1) is 36.3 Å². The molecule has 0 saturated carbocycles. The molecule has 0 spiro atoms. The molecule has 0 radical (unpaired) electrons. The Bertz CT molecular complexity index is 1310. The van der Waals surface area contributed by atoms with Gasteiger partial charge in [0.1, 0.15) is 5.76 Å². The monoisotopic (exact) mass is 488 g/mol. The third kappa shape index (κ3) is 6.17. The van der Waals surface area contributed by atoms with Crippen molar-refractivity contribution in [3.05, 3.63) is 82.3 Å². The van der Waals surface area contributed by atoms with Gasteiger partial charge in [-0.2, -0.15) is 0 Å². The molecule has 3 N–H and O–H groups in total. The highest BCUT2D eigenvalue weighted by Crippen LogP contribution is 2.27. The molecule has 2 aromatic carbocycles. The number of rotatable bonds is 10. The van der Waals surface area contributed by atoms with E-state index in [0.717, 1.165) is 6.07 Å². The van der Waals surface area contributed by atoms with Gasteiger partial charge in [0.15, 0.2) is 5.75 Å². The summed E-state index contributed by atoms with van der Waals surface area (Å²) >= 11 is 0. The molecule has 0 bridgehead atoms. The number of benzene rings is 2. The first-order valence-electron chi connectivity index (χ1n) is 9.72. The van der Waals surface area contributed by atoms with Gasteiger partial charge in [0.2, 0.25) is 15.9 Å². The van der Waals surface area contributed by atoms with E-state index >= 15 is 0 Å². The highest BCUT2D eigenvalue weighted by Gasteiger charge is 2.19. The third-order valence-electron chi connectivity index (χ3n) is 4.49. The van der Waals surface area contributed by atoms with Crippen molar-refractivity contribution in [3.63, 3.8) is 0 Å². The van der Waals surface area contributed by atoms with Crippen LogP contribution in [0.5, 0.6) is 5.75 Å². The second-order valence-corrected chi connectivity index (χ2v) is 8.57. The maximum atomic E-state index is 12.5. The number of furan rings is 1. The molecule has 0 fully saturated rings. The Hall–Kier alpha value is -4.23. The van der Waals surface area contributed by atoms with E-state index in [4.69, 9.17) is 9.15 Å². The molecule has 1 heterocycles. The second kappa shape index (κ2) is 10.6. The molecule has 34 heavy (non-hydrogen) atoms.